The molecule has 1 aliphatic carbocycles. The van der Waals surface area contributed by atoms with Gasteiger partial charge in [0, 0.05) is 21.8 Å². The molecule has 6 aromatic carbocycles. The topological polar surface area (TPSA) is 15.8 Å². The van der Waals surface area contributed by atoms with Gasteiger partial charge in [0.1, 0.15) is 0 Å². The standard InChI is InChI=1S/C37H25N/c1-2-11-26(12-3-1)37(32-17-7-4-13-29(32)30-14-5-8-18-33(30)37)27-23-21-25(22-24-27)28-16-10-20-35-36(28)31-15-6-9-19-34(31)38-35/h1-24,38H. The lowest BCUT2D eigenvalue weighted by Crippen LogP contribution is -2.28. The second-order valence-electron chi connectivity index (χ2n) is 10.2. The molecular weight excluding hydrogens is 458 g/mol. The van der Waals surface area contributed by atoms with E-state index in [0.717, 1.165) is 0 Å². The zero-order valence-electron chi connectivity index (χ0n) is 20.9. The minimum atomic E-state index is -0.361. The molecule has 0 atom stereocenters. The number of rotatable bonds is 3. The van der Waals surface area contributed by atoms with Gasteiger partial charge in [-0.1, -0.05) is 133 Å². The van der Waals surface area contributed by atoms with Crippen molar-refractivity contribution < 1.29 is 0 Å². The maximum absolute atomic E-state index is 3.59. The number of benzene rings is 6. The van der Waals surface area contributed by atoms with Gasteiger partial charge in [0.25, 0.3) is 0 Å². The molecule has 0 bridgehead atoms. The molecule has 0 radical (unpaired) electrons. The monoisotopic (exact) mass is 483 g/mol. The van der Waals surface area contributed by atoms with Crippen molar-refractivity contribution in [3.63, 3.8) is 0 Å². The lowest BCUT2D eigenvalue weighted by Gasteiger charge is -2.34. The van der Waals surface area contributed by atoms with Crippen LogP contribution in [-0.4, -0.2) is 4.98 Å². The van der Waals surface area contributed by atoms with Crippen molar-refractivity contribution in [3.05, 3.63) is 168 Å². The van der Waals surface area contributed by atoms with Gasteiger partial charge in [-0.2, -0.15) is 0 Å². The summed E-state index contributed by atoms with van der Waals surface area (Å²) in [6.45, 7) is 0. The molecule has 1 N–H and O–H groups in total. The Morgan fingerprint density at radius 2 is 0.947 bits per heavy atom. The lowest BCUT2D eigenvalue weighted by molar-refractivity contribution is 0.768. The van der Waals surface area contributed by atoms with Crippen molar-refractivity contribution in [3.8, 4) is 22.3 Å². The average molecular weight is 484 g/mol. The van der Waals surface area contributed by atoms with Crippen molar-refractivity contribution in [2.75, 3.05) is 0 Å². The molecule has 1 aliphatic rings. The van der Waals surface area contributed by atoms with Crippen LogP contribution in [-0.2, 0) is 5.41 Å². The quantitative estimate of drug-likeness (QED) is 0.258. The Morgan fingerprint density at radius 3 is 1.68 bits per heavy atom. The first-order valence-corrected chi connectivity index (χ1v) is 13.2. The fourth-order valence-electron chi connectivity index (χ4n) is 6.75. The summed E-state index contributed by atoms with van der Waals surface area (Å²) in [5, 5.41) is 2.55. The zero-order chi connectivity index (χ0) is 25.1. The van der Waals surface area contributed by atoms with E-state index in [0.29, 0.717) is 0 Å². The van der Waals surface area contributed by atoms with Gasteiger partial charge < -0.3 is 4.98 Å². The van der Waals surface area contributed by atoms with Crippen LogP contribution in [0.1, 0.15) is 22.3 Å². The van der Waals surface area contributed by atoms with E-state index < -0.39 is 0 Å². The summed E-state index contributed by atoms with van der Waals surface area (Å²) in [5.74, 6) is 0. The third-order valence-corrected chi connectivity index (χ3v) is 8.32. The number of H-pyrrole nitrogens is 1. The fraction of sp³-hybridized carbons (Fsp3) is 0.0270. The van der Waals surface area contributed by atoms with E-state index in [9.17, 15) is 0 Å². The van der Waals surface area contributed by atoms with E-state index in [1.807, 2.05) is 0 Å². The largest absolute Gasteiger partial charge is 0.354 e. The number of fused-ring (bicyclic) bond motifs is 6. The molecule has 0 saturated heterocycles. The Bertz CT molecular complexity index is 1910. The Hall–Kier alpha value is -4.88. The first-order valence-electron chi connectivity index (χ1n) is 13.2. The Balaban J connectivity index is 1.38. The van der Waals surface area contributed by atoms with Crippen LogP contribution in [0.25, 0.3) is 44.1 Å². The molecular formula is C37H25N. The van der Waals surface area contributed by atoms with Crippen LogP contribution in [0.15, 0.2) is 146 Å². The summed E-state index contributed by atoms with van der Waals surface area (Å²) >= 11 is 0. The third-order valence-electron chi connectivity index (χ3n) is 8.32. The predicted molar refractivity (Wildman–Crippen MR) is 159 cm³/mol. The number of nitrogens with one attached hydrogen (secondary N) is 1. The SMILES string of the molecule is c1ccc(C2(c3ccc(-c4cccc5[nH]c6ccccc6c45)cc3)c3ccccc3-c3ccccc32)cc1. The summed E-state index contributed by atoms with van der Waals surface area (Å²) in [6.07, 6.45) is 0. The van der Waals surface area contributed by atoms with Gasteiger partial charge in [0.05, 0.1) is 5.41 Å². The highest BCUT2D eigenvalue weighted by atomic mass is 14.7. The molecule has 8 rings (SSSR count). The van der Waals surface area contributed by atoms with E-state index in [4.69, 9.17) is 0 Å². The van der Waals surface area contributed by atoms with Gasteiger partial charge in [0.2, 0.25) is 0 Å². The zero-order valence-corrected chi connectivity index (χ0v) is 20.9. The molecule has 178 valence electrons. The minimum Gasteiger partial charge on any atom is -0.354 e. The average Bonchev–Trinajstić information content (AvgIpc) is 3.52. The summed E-state index contributed by atoms with van der Waals surface area (Å²) < 4.78 is 0. The van der Waals surface area contributed by atoms with E-state index in [2.05, 4.69) is 151 Å². The van der Waals surface area contributed by atoms with Gasteiger partial charge in [-0.3, -0.25) is 0 Å². The van der Waals surface area contributed by atoms with Crippen molar-refractivity contribution in [2.24, 2.45) is 0 Å². The Kier molecular flexibility index (Phi) is 4.50. The van der Waals surface area contributed by atoms with Gasteiger partial charge in [-0.05, 0) is 56.6 Å². The highest BCUT2D eigenvalue weighted by Gasteiger charge is 2.45. The Labute approximate surface area is 222 Å². The van der Waals surface area contributed by atoms with Crippen LogP contribution in [0, 0.1) is 0 Å². The smallest absolute Gasteiger partial charge is 0.0713 e. The number of aromatic amines is 1. The van der Waals surface area contributed by atoms with Crippen molar-refractivity contribution >= 4 is 21.8 Å². The van der Waals surface area contributed by atoms with Crippen molar-refractivity contribution in [2.45, 2.75) is 5.41 Å². The molecule has 0 unspecified atom stereocenters. The lowest BCUT2D eigenvalue weighted by atomic mass is 9.67. The maximum Gasteiger partial charge on any atom is 0.0713 e. The van der Waals surface area contributed by atoms with Crippen LogP contribution in [0.2, 0.25) is 0 Å². The number of hydrogen-bond donors (Lipinski definition) is 1. The Morgan fingerprint density at radius 1 is 0.395 bits per heavy atom. The van der Waals surface area contributed by atoms with E-state index in [1.54, 1.807) is 0 Å². The van der Waals surface area contributed by atoms with Crippen LogP contribution in [0.3, 0.4) is 0 Å². The van der Waals surface area contributed by atoms with Gasteiger partial charge in [0.15, 0.2) is 0 Å². The first-order chi connectivity index (χ1) is 18.9. The molecule has 0 saturated carbocycles. The van der Waals surface area contributed by atoms with Gasteiger partial charge in [-0.15, -0.1) is 0 Å². The molecule has 1 heteroatoms. The maximum atomic E-state index is 3.59. The van der Waals surface area contributed by atoms with Crippen LogP contribution in [0.4, 0.5) is 0 Å². The number of hydrogen-bond acceptors (Lipinski definition) is 0. The van der Waals surface area contributed by atoms with Crippen molar-refractivity contribution in [1.29, 1.82) is 0 Å². The van der Waals surface area contributed by atoms with E-state index >= 15 is 0 Å². The molecule has 0 aliphatic heterocycles. The minimum absolute atomic E-state index is 0.361. The first kappa shape index (κ1) is 21.2. The van der Waals surface area contributed by atoms with E-state index in [1.165, 1.54) is 66.3 Å². The molecule has 0 spiro atoms. The molecule has 0 fully saturated rings. The van der Waals surface area contributed by atoms with Crippen LogP contribution < -0.4 is 0 Å². The number of aromatic nitrogens is 1. The summed E-state index contributed by atoms with van der Waals surface area (Å²) in [7, 11) is 0. The molecule has 1 aromatic heterocycles. The van der Waals surface area contributed by atoms with Gasteiger partial charge in [-0.25, -0.2) is 0 Å². The number of para-hydroxylation sites is 1. The fourth-order valence-corrected chi connectivity index (χ4v) is 6.75. The highest BCUT2D eigenvalue weighted by molar-refractivity contribution is 6.14. The summed E-state index contributed by atoms with van der Waals surface area (Å²) in [6, 6.07) is 53.2. The van der Waals surface area contributed by atoms with E-state index in [-0.39, 0.29) is 5.41 Å². The van der Waals surface area contributed by atoms with Crippen LogP contribution >= 0.6 is 0 Å². The predicted octanol–water partition coefficient (Wildman–Crippen LogP) is 9.35. The molecule has 1 nitrogen and oxygen atoms in total. The normalized spacial score (nSPS) is 13.5. The second kappa shape index (κ2) is 8.06. The third kappa shape index (κ3) is 2.82. The molecule has 38 heavy (non-hydrogen) atoms. The summed E-state index contributed by atoms with van der Waals surface area (Å²) in [5.41, 5.74) is 12.4. The van der Waals surface area contributed by atoms with Gasteiger partial charge >= 0.3 is 0 Å². The summed E-state index contributed by atoms with van der Waals surface area (Å²) in [4.78, 5) is 3.59. The second-order valence-corrected chi connectivity index (χ2v) is 10.2. The molecule has 7 aromatic rings. The van der Waals surface area contributed by atoms with Crippen molar-refractivity contribution in [1.82, 2.24) is 4.98 Å². The molecule has 1 heterocycles. The molecule has 0 amide bonds. The van der Waals surface area contributed by atoms with Crippen LogP contribution in [0.5, 0.6) is 0 Å². The highest BCUT2D eigenvalue weighted by Crippen LogP contribution is 2.56.